The van der Waals surface area contributed by atoms with Gasteiger partial charge < -0.3 is 10.2 Å². The molecular formula is C16H18N4O. The predicted octanol–water partition coefficient (Wildman–Crippen LogP) is 2.07. The number of amides is 1. The Bertz CT molecular complexity index is 690. The number of benzene rings is 1. The highest BCUT2D eigenvalue weighted by molar-refractivity contribution is 5.87. The molecule has 1 aromatic heterocycles. The number of nitrogens with one attached hydrogen (secondary N) is 1. The normalized spacial score (nSPS) is 10.1. The number of hydrogen-bond donors (Lipinski definition) is 1. The molecule has 1 heterocycles. The van der Waals surface area contributed by atoms with E-state index in [1.54, 1.807) is 18.0 Å². The van der Waals surface area contributed by atoms with E-state index in [9.17, 15) is 10.1 Å². The highest BCUT2D eigenvalue weighted by Crippen LogP contribution is 2.21. The molecule has 5 nitrogen and oxygen atoms in total. The van der Waals surface area contributed by atoms with Crippen molar-refractivity contribution in [2.45, 2.75) is 13.3 Å². The van der Waals surface area contributed by atoms with Crippen LogP contribution in [0, 0.1) is 11.3 Å². The Hall–Kier alpha value is -2.61. The minimum absolute atomic E-state index is 0.0483. The summed E-state index contributed by atoms with van der Waals surface area (Å²) in [6, 6.07) is 11.4. The van der Waals surface area contributed by atoms with Gasteiger partial charge in [-0.3, -0.25) is 4.79 Å². The number of hydrogen-bond acceptors (Lipinski definition) is 4. The molecule has 108 valence electrons. The number of pyridine rings is 1. The number of carbonyl (C=O) groups excluding carboxylic acids is 1. The molecule has 0 aliphatic carbocycles. The number of likely N-dealkylation sites (N-methyl/N-ethyl adjacent to an activating group) is 1. The van der Waals surface area contributed by atoms with Crippen molar-refractivity contribution in [3.63, 3.8) is 0 Å². The van der Waals surface area contributed by atoms with Gasteiger partial charge in [-0.2, -0.15) is 5.26 Å². The highest BCUT2D eigenvalue weighted by Gasteiger charge is 2.11. The lowest BCUT2D eigenvalue weighted by Gasteiger charge is -2.18. The van der Waals surface area contributed by atoms with E-state index in [2.05, 4.69) is 16.4 Å². The van der Waals surface area contributed by atoms with Crippen molar-refractivity contribution in [2.75, 3.05) is 25.0 Å². The summed E-state index contributed by atoms with van der Waals surface area (Å²) in [4.78, 5) is 18.0. The van der Waals surface area contributed by atoms with Gasteiger partial charge in [-0.1, -0.05) is 25.1 Å². The van der Waals surface area contributed by atoms with Crippen molar-refractivity contribution < 1.29 is 4.79 Å². The second-order valence-corrected chi connectivity index (χ2v) is 4.86. The van der Waals surface area contributed by atoms with Crippen LogP contribution in [0.2, 0.25) is 0 Å². The van der Waals surface area contributed by atoms with Crippen LogP contribution >= 0.6 is 0 Å². The fourth-order valence-electron chi connectivity index (χ4n) is 2.07. The van der Waals surface area contributed by atoms with Crippen LogP contribution in [-0.4, -0.2) is 31.0 Å². The number of aromatic nitrogens is 1. The van der Waals surface area contributed by atoms with E-state index in [0.29, 0.717) is 17.9 Å². The van der Waals surface area contributed by atoms with Gasteiger partial charge in [0.1, 0.15) is 5.82 Å². The average molecular weight is 282 g/mol. The SMILES string of the molecule is CCCNC(=O)CN(C)c1cc(C#N)c2ccccc2n1. The first-order valence-electron chi connectivity index (χ1n) is 6.93. The summed E-state index contributed by atoms with van der Waals surface area (Å²) >= 11 is 0. The van der Waals surface area contributed by atoms with E-state index in [1.807, 2.05) is 31.2 Å². The molecule has 0 atom stereocenters. The minimum atomic E-state index is -0.0483. The minimum Gasteiger partial charge on any atom is -0.355 e. The first-order valence-corrected chi connectivity index (χ1v) is 6.93. The number of fused-ring (bicyclic) bond motifs is 1. The largest absolute Gasteiger partial charge is 0.355 e. The van der Waals surface area contributed by atoms with Gasteiger partial charge in [-0.05, 0) is 18.6 Å². The van der Waals surface area contributed by atoms with Crippen LogP contribution in [0.3, 0.4) is 0 Å². The summed E-state index contributed by atoms with van der Waals surface area (Å²) in [6.07, 6.45) is 0.905. The third-order valence-electron chi connectivity index (χ3n) is 3.17. The van der Waals surface area contributed by atoms with Crippen LogP contribution in [0.1, 0.15) is 18.9 Å². The van der Waals surface area contributed by atoms with Gasteiger partial charge in [0, 0.05) is 19.0 Å². The van der Waals surface area contributed by atoms with Crippen molar-refractivity contribution in [1.29, 1.82) is 5.26 Å². The highest BCUT2D eigenvalue weighted by atomic mass is 16.2. The van der Waals surface area contributed by atoms with Crippen LogP contribution < -0.4 is 10.2 Å². The fraction of sp³-hybridized carbons (Fsp3) is 0.312. The van der Waals surface area contributed by atoms with Gasteiger partial charge in [0.05, 0.1) is 23.7 Å². The van der Waals surface area contributed by atoms with Crippen molar-refractivity contribution in [3.8, 4) is 6.07 Å². The number of carbonyl (C=O) groups is 1. The van der Waals surface area contributed by atoms with Crippen molar-refractivity contribution in [3.05, 3.63) is 35.9 Å². The molecule has 0 saturated carbocycles. The van der Waals surface area contributed by atoms with Crippen molar-refractivity contribution >= 4 is 22.6 Å². The Morgan fingerprint density at radius 1 is 1.43 bits per heavy atom. The molecule has 2 rings (SSSR count). The second-order valence-electron chi connectivity index (χ2n) is 4.86. The number of rotatable bonds is 5. The molecule has 0 aliphatic heterocycles. The smallest absolute Gasteiger partial charge is 0.239 e. The lowest BCUT2D eigenvalue weighted by molar-refractivity contribution is -0.119. The summed E-state index contributed by atoms with van der Waals surface area (Å²) in [6.45, 7) is 2.89. The Morgan fingerprint density at radius 3 is 2.90 bits per heavy atom. The number of nitrogens with zero attached hydrogens (tertiary/aromatic N) is 3. The third kappa shape index (κ3) is 3.48. The molecule has 0 aliphatic rings. The van der Waals surface area contributed by atoms with Crippen LogP contribution in [0.5, 0.6) is 0 Å². The maximum atomic E-state index is 11.8. The van der Waals surface area contributed by atoms with Gasteiger partial charge in [-0.15, -0.1) is 0 Å². The molecule has 1 N–H and O–H groups in total. The molecule has 1 aromatic carbocycles. The molecule has 2 aromatic rings. The Kier molecular flexibility index (Phi) is 4.72. The summed E-state index contributed by atoms with van der Waals surface area (Å²) in [5.74, 6) is 0.574. The molecule has 0 saturated heterocycles. The van der Waals surface area contributed by atoms with E-state index >= 15 is 0 Å². The Morgan fingerprint density at radius 2 is 2.19 bits per heavy atom. The summed E-state index contributed by atoms with van der Waals surface area (Å²) in [7, 11) is 1.80. The fourth-order valence-corrected chi connectivity index (χ4v) is 2.07. The zero-order chi connectivity index (χ0) is 15.2. The van der Waals surface area contributed by atoms with Crippen LogP contribution in [0.15, 0.2) is 30.3 Å². The summed E-state index contributed by atoms with van der Waals surface area (Å²) < 4.78 is 0. The quantitative estimate of drug-likeness (QED) is 0.911. The van der Waals surface area contributed by atoms with Gasteiger partial charge in [0.15, 0.2) is 0 Å². The number of anilines is 1. The molecular weight excluding hydrogens is 264 g/mol. The lowest BCUT2D eigenvalue weighted by atomic mass is 10.1. The molecule has 21 heavy (non-hydrogen) atoms. The molecule has 0 radical (unpaired) electrons. The summed E-state index contributed by atoms with van der Waals surface area (Å²) in [5.41, 5.74) is 1.32. The molecule has 0 spiro atoms. The average Bonchev–Trinajstić information content (AvgIpc) is 2.51. The topological polar surface area (TPSA) is 69.0 Å². The molecule has 1 amide bonds. The standard InChI is InChI=1S/C16H18N4O/c1-3-8-18-16(21)11-20(2)15-9-12(10-17)13-6-4-5-7-14(13)19-15/h4-7,9H,3,8,11H2,1-2H3,(H,18,21). The number of nitriles is 1. The first-order chi connectivity index (χ1) is 10.2. The van der Waals surface area contributed by atoms with E-state index in [4.69, 9.17) is 0 Å². The van der Waals surface area contributed by atoms with Crippen LogP contribution in [-0.2, 0) is 4.79 Å². The van der Waals surface area contributed by atoms with Crippen molar-refractivity contribution in [1.82, 2.24) is 10.3 Å². The van der Waals surface area contributed by atoms with E-state index < -0.39 is 0 Å². The molecule has 0 unspecified atom stereocenters. The molecule has 0 bridgehead atoms. The number of para-hydroxylation sites is 1. The monoisotopic (exact) mass is 282 g/mol. The zero-order valence-corrected chi connectivity index (χ0v) is 12.3. The van der Waals surface area contributed by atoms with Gasteiger partial charge in [0.25, 0.3) is 0 Å². The molecule has 5 heteroatoms. The maximum absolute atomic E-state index is 11.8. The Labute approximate surface area is 124 Å². The lowest BCUT2D eigenvalue weighted by Crippen LogP contribution is -2.35. The van der Waals surface area contributed by atoms with E-state index in [1.165, 1.54) is 0 Å². The van der Waals surface area contributed by atoms with Crippen LogP contribution in [0.4, 0.5) is 5.82 Å². The van der Waals surface area contributed by atoms with Gasteiger partial charge in [-0.25, -0.2) is 4.98 Å². The van der Waals surface area contributed by atoms with Crippen LogP contribution in [0.25, 0.3) is 10.9 Å². The van der Waals surface area contributed by atoms with E-state index in [0.717, 1.165) is 17.3 Å². The zero-order valence-electron chi connectivity index (χ0n) is 12.3. The Balaban J connectivity index is 2.25. The summed E-state index contributed by atoms with van der Waals surface area (Å²) in [5, 5.41) is 12.9. The third-order valence-corrected chi connectivity index (χ3v) is 3.17. The second kappa shape index (κ2) is 6.71. The first kappa shape index (κ1) is 14.8. The molecule has 0 fully saturated rings. The maximum Gasteiger partial charge on any atom is 0.239 e. The predicted molar refractivity (Wildman–Crippen MR) is 83.0 cm³/mol. The van der Waals surface area contributed by atoms with Gasteiger partial charge >= 0.3 is 0 Å². The van der Waals surface area contributed by atoms with Gasteiger partial charge in [0.2, 0.25) is 5.91 Å². The van der Waals surface area contributed by atoms with E-state index in [-0.39, 0.29) is 12.5 Å². The van der Waals surface area contributed by atoms with Crippen molar-refractivity contribution in [2.24, 2.45) is 0 Å².